The third-order valence-corrected chi connectivity index (χ3v) is 3.75. The quantitative estimate of drug-likeness (QED) is 0.851. The highest BCUT2D eigenvalue weighted by Gasteiger charge is 2.27. The Morgan fingerprint density at radius 1 is 1.44 bits per heavy atom. The predicted molar refractivity (Wildman–Crippen MR) is 85.1 cm³/mol. The van der Waals surface area contributed by atoms with Gasteiger partial charge >= 0.3 is 12.6 Å². The number of alkyl carbamates (subject to hydrolysis) is 1. The number of halogens is 2. The Kier molecular flexibility index (Phi) is 4.63. The lowest BCUT2D eigenvalue weighted by Gasteiger charge is -2.18. The molecule has 1 aliphatic rings. The number of hydrogen-bond acceptors (Lipinski definition) is 7. The van der Waals surface area contributed by atoms with E-state index in [-0.39, 0.29) is 17.7 Å². The van der Waals surface area contributed by atoms with Gasteiger partial charge in [0.2, 0.25) is 5.95 Å². The molecule has 2 aromatic heterocycles. The second-order valence-electron chi connectivity index (χ2n) is 5.44. The molecular formula is C14H17F2N7O2. The second-order valence-corrected chi connectivity index (χ2v) is 5.44. The molecule has 2 aromatic rings. The molecule has 11 heteroatoms. The Morgan fingerprint density at radius 2 is 2.24 bits per heavy atom. The van der Waals surface area contributed by atoms with E-state index >= 15 is 0 Å². The molecule has 134 valence electrons. The maximum atomic E-state index is 12.7. The Bertz CT molecular complexity index is 767. The van der Waals surface area contributed by atoms with Gasteiger partial charge in [0.05, 0.1) is 12.2 Å². The molecular weight excluding hydrogens is 336 g/mol. The van der Waals surface area contributed by atoms with E-state index in [1.54, 1.807) is 6.07 Å². The van der Waals surface area contributed by atoms with Crippen molar-refractivity contribution in [3.63, 3.8) is 0 Å². The van der Waals surface area contributed by atoms with Crippen LogP contribution in [0.25, 0.3) is 11.4 Å². The number of nitrogens with zero attached hydrogens (tertiary/aromatic N) is 5. The molecule has 1 amide bonds. The Hall–Kier alpha value is -2.98. The summed E-state index contributed by atoms with van der Waals surface area (Å²) in [6.45, 7) is -1.66. The van der Waals surface area contributed by atoms with E-state index < -0.39 is 12.6 Å². The fourth-order valence-corrected chi connectivity index (χ4v) is 2.57. The molecule has 0 spiro atoms. The number of aromatic nitrogens is 4. The van der Waals surface area contributed by atoms with Gasteiger partial charge in [0.25, 0.3) is 0 Å². The van der Waals surface area contributed by atoms with Gasteiger partial charge in [-0.1, -0.05) is 0 Å². The topological polar surface area (TPSA) is 111 Å². The zero-order valence-corrected chi connectivity index (χ0v) is 13.4. The molecule has 0 radical (unpaired) electrons. The largest absolute Gasteiger partial charge is 0.444 e. The van der Waals surface area contributed by atoms with Crippen LogP contribution in [0, 0.1) is 0 Å². The highest BCUT2D eigenvalue weighted by molar-refractivity contribution is 5.67. The van der Waals surface area contributed by atoms with E-state index in [2.05, 4.69) is 20.4 Å². The Balaban J connectivity index is 1.79. The van der Waals surface area contributed by atoms with E-state index in [0.717, 1.165) is 0 Å². The average molecular weight is 353 g/mol. The van der Waals surface area contributed by atoms with Crippen LogP contribution in [0.15, 0.2) is 18.3 Å². The van der Waals surface area contributed by atoms with Crippen molar-refractivity contribution in [1.82, 2.24) is 25.1 Å². The summed E-state index contributed by atoms with van der Waals surface area (Å²) in [6, 6.07) is 3.05. The molecule has 1 atom stereocenters. The minimum absolute atomic E-state index is 0.00904. The van der Waals surface area contributed by atoms with Crippen molar-refractivity contribution in [2.45, 2.75) is 19.1 Å². The fourth-order valence-electron chi connectivity index (χ4n) is 2.57. The van der Waals surface area contributed by atoms with Crippen LogP contribution in [0.4, 0.5) is 25.3 Å². The Morgan fingerprint density at radius 3 is 2.92 bits per heavy atom. The van der Waals surface area contributed by atoms with E-state index in [1.807, 2.05) is 4.90 Å². The number of rotatable bonds is 4. The lowest BCUT2D eigenvalue weighted by atomic mass is 10.3. The van der Waals surface area contributed by atoms with Crippen LogP contribution in [0.2, 0.25) is 0 Å². The number of nitrogens with two attached hydrogens (primary N) is 1. The molecule has 0 unspecified atom stereocenters. The molecule has 9 nitrogen and oxygen atoms in total. The van der Waals surface area contributed by atoms with Crippen molar-refractivity contribution >= 4 is 17.9 Å². The van der Waals surface area contributed by atoms with Crippen molar-refractivity contribution in [2.75, 3.05) is 30.8 Å². The number of hydrogen-bond donors (Lipinski definition) is 2. The molecule has 1 saturated heterocycles. The summed E-state index contributed by atoms with van der Waals surface area (Å²) in [4.78, 5) is 21.4. The zero-order valence-electron chi connectivity index (χ0n) is 13.4. The van der Waals surface area contributed by atoms with Gasteiger partial charge in [-0.05, 0) is 6.07 Å². The van der Waals surface area contributed by atoms with Crippen LogP contribution < -0.4 is 16.0 Å². The molecule has 0 bridgehead atoms. The SMILES string of the molecule is CNC(=O)O[C@@H]1CCN(c2cc(-c3ccn(C(F)F)n3)nc(N)n2)C1. The van der Waals surface area contributed by atoms with Crippen molar-refractivity contribution < 1.29 is 18.3 Å². The van der Waals surface area contributed by atoms with Crippen LogP contribution >= 0.6 is 0 Å². The van der Waals surface area contributed by atoms with Gasteiger partial charge in [-0.3, -0.25) is 0 Å². The van der Waals surface area contributed by atoms with Crippen LogP contribution in [-0.2, 0) is 4.74 Å². The van der Waals surface area contributed by atoms with Crippen molar-refractivity contribution in [1.29, 1.82) is 0 Å². The normalized spacial score (nSPS) is 17.1. The number of nitrogen functional groups attached to an aromatic ring is 1. The van der Waals surface area contributed by atoms with Crippen molar-refractivity contribution in [3.8, 4) is 11.4 Å². The average Bonchev–Trinajstić information content (AvgIpc) is 3.23. The number of nitrogens with one attached hydrogen (secondary N) is 1. The van der Waals surface area contributed by atoms with Gasteiger partial charge in [0, 0.05) is 32.3 Å². The summed E-state index contributed by atoms with van der Waals surface area (Å²) in [5.74, 6) is 0.534. The molecule has 0 aliphatic carbocycles. The van der Waals surface area contributed by atoms with Gasteiger partial charge in [0.15, 0.2) is 0 Å². The van der Waals surface area contributed by atoms with Gasteiger partial charge in [-0.15, -0.1) is 0 Å². The number of carbonyl (C=O) groups excluding carboxylic acids is 1. The molecule has 3 rings (SSSR count). The van der Waals surface area contributed by atoms with Gasteiger partial charge in [0.1, 0.15) is 17.6 Å². The van der Waals surface area contributed by atoms with Crippen LogP contribution in [0.5, 0.6) is 0 Å². The van der Waals surface area contributed by atoms with Gasteiger partial charge in [-0.2, -0.15) is 18.9 Å². The van der Waals surface area contributed by atoms with E-state index in [1.165, 1.54) is 19.3 Å². The van der Waals surface area contributed by atoms with Crippen LogP contribution in [0.1, 0.15) is 13.0 Å². The summed E-state index contributed by atoms with van der Waals surface area (Å²) < 4.78 is 31.1. The first-order chi connectivity index (χ1) is 12.0. The first kappa shape index (κ1) is 16.9. The molecule has 0 saturated carbocycles. The Labute approximate surface area is 141 Å². The van der Waals surface area contributed by atoms with E-state index in [4.69, 9.17) is 10.5 Å². The third kappa shape index (κ3) is 3.75. The number of alkyl halides is 2. The summed E-state index contributed by atoms with van der Waals surface area (Å²) >= 11 is 0. The lowest BCUT2D eigenvalue weighted by Crippen LogP contribution is -2.29. The maximum absolute atomic E-state index is 12.7. The van der Waals surface area contributed by atoms with Gasteiger partial charge < -0.3 is 20.7 Å². The maximum Gasteiger partial charge on any atom is 0.407 e. The number of ether oxygens (including phenoxy) is 1. The molecule has 1 aliphatic heterocycles. The minimum Gasteiger partial charge on any atom is -0.444 e. The molecule has 1 fully saturated rings. The highest BCUT2D eigenvalue weighted by atomic mass is 19.3. The zero-order chi connectivity index (χ0) is 18.0. The summed E-state index contributed by atoms with van der Waals surface area (Å²) in [5.41, 5.74) is 6.36. The number of anilines is 2. The monoisotopic (exact) mass is 353 g/mol. The first-order valence-electron chi connectivity index (χ1n) is 7.58. The molecule has 25 heavy (non-hydrogen) atoms. The lowest BCUT2D eigenvalue weighted by molar-refractivity contribution is 0.0568. The first-order valence-corrected chi connectivity index (χ1v) is 7.58. The fraction of sp³-hybridized carbons (Fsp3) is 0.429. The van der Waals surface area contributed by atoms with Crippen LogP contribution in [0.3, 0.4) is 0 Å². The van der Waals surface area contributed by atoms with Gasteiger partial charge in [-0.25, -0.2) is 14.5 Å². The second kappa shape index (κ2) is 6.87. The number of amides is 1. The van der Waals surface area contributed by atoms with Crippen molar-refractivity contribution in [2.24, 2.45) is 0 Å². The van der Waals surface area contributed by atoms with E-state index in [0.29, 0.717) is 35.7 Å². The molecule has 0 aromatic carbocycles. The summed E-state index contributed by atoms with van der Waals surface area (Å²) in [5, 5.41) is 6.18. The summed E-state index contributed by atoms with van der Waals surface area (Å²) in [7, 11) is 1.49. The number of carbonyl (C=O) groups is 1. The standard InChI is InChI=1S/C14H17F2N7O2/c1-18-14(24)25-8-2-4-22(7-8)11-6-10(19-13(17)20-11)9-3-5-23(21-9)12(15)16/h3,5-6,8,12H,2,4,7H2,1H3,(H,18,24)(H2,17,19,20)/t8-/m1/s1. The van der Waals surface area contributed by atoms with Crippen LogP contribution in [-0.4, -0.2) is 52.1 Å². The minimum atomic E-state index is -2.73. The third-order valence-electron chi connectivity index (χ3n) is 3.75. The molecule has 3 heterocycles. The smallest absolute Gasteiger partial charge is 0.407 e. The predicted octanol–water partition coefficient (Wildman–Crippen LogP) is 1.25. The molecule has 3 N–H and O–H groups in total. The summed E-state index contributed by atoms with van der Waals surface area (Å²) in [6.07, 6.45) is 1.05. The highest BCUT2D eigenvalue weighted by Crippen LogP contribution is 2.25. The van der Waals surface area contributed by atoms with Crippen molar-refractivity contribution in [3.05, 3.63) is 18.3 Å². The van der Waals surface area contributed by atoms with E-state index in [9.17, 15) is 13.6 Å².